The van der Waals surface area contributed by atoms with Crippen molar-refractivity contribution in [3.63, 3.8) is 0 Å². The lowest BCUT2D eigenvalue weighted by atomic mass is 9.83. The van der Waals surface area contributed by atoms with Gasteiger partial charge in [0.2, 0.25) is 0 Å². The third kappa shape index (κ3) is 1.78. The van der Waals surface area contributed by atoms with Crippen LogP contribution in [0.5, 0.6) is 0 Å². The minimum atomic E-state index is -0.207. The predicted molar refractivity (Wildman–Crippen MR) is 58.8 cm³/mol. The molecule has 4 heteroatoms. The van der Waals surface area contributed by atoms with Crippen LogP contribution in [-0.2, 0) is 12.6 Å². The average Bonchev–Trinajstić information content (AvgIpc) is 2.48. The zero-order valence-electron chi connectivity index (χ0n) is 7.46. The third-order valence-corrected chi connectivity index (χ3v) is 3.70. The molecular formula is C9H13BNOP. The molecule has 0 aliphatic carbocycles. The topological polar surface area (TPSA) is 46.2 Å². The molecule has 1 aromatic carbocycles. The van der Waals surface area contributed by atoms with Crippen molar-refractivity contribution in [2.75, 3.05) is 6.54 Å². The highest BCUT2D eigenvalue weighted by atomic mass is 31.1. The first kappa shape index (κ1) is 9.20. The molecule has 1 heterocycles. The van der Waals surface area contributed by atoms with Gasteiger partial charge in [-0.25, -0.2) is 0 Å². The van der Waals surface area contributed by atoms with E-state index in [4.69, 9.17) is 5.73 Å². The van der Waals surface area contributed by atoms with Crippen LogP contribution in [0.15, 0.2) is 18.2 Å². The van der Waals surface area contributed by atoms with E-state index in [0.717, 1.165) is 18.0 Å². The molecule has 2 nitrogen and oxygen atoms in total. The maximum absolute atomic E-state index is 9.59. The van der Waals surface area contributed by atoms with Crippen LogP contribution < -0.4 is 11.2 Å². The standard InChI is InChI=1S/C9H13BNOP/c11-4-3-7-1-2-9-8(5-7)6-13-10(9)12/h1-2,5,12-13H,3-4,6,11H2. The van der Waals surface area contributed by atoms with Gasteiger partial charge in [0.25, 0.3) is 0 Å². The van der Waals surface area contributed by atoms with Crippen molar-refractivity contribution in [2.24, 2.45) is 5.73 Å². The molecule has 1 aliphatic heterocycles. The number of hydrogen-bond donors (Lipinski definition) is 2. The summed E-state index contributed by atoms with van der Waals surface area (Å²) in [4.78, 5) is 0. The molecule has 0 saturated carbocycles. The molecular weight excluding hydrogens is 180 g/mol. The highest BCUT2D eigenvalue weighted by Gasteiger charge is 2.24. The first-order valence-electron chi connectivity index (χ1n) is 4.54. The maximum Gasteiger partial charge on any atom is 0.350 e. The zero-order chi connectivity index (χ0) is 9.26. The molecule has 0 radical (unpaired) electrons. The van der Waals surface area contributed by atoms with Crippen molar-refractivity contribution < 1.29 is 5.02 Å². The van der Waals surface area contributed by atoms with E-state index in [2.05, 4.69) is 12.1 Å². The summed E-state index contributed by atoms with van der Waals surface area (Å²) in [5.41, 5.74) is 9.22. The van der Waals surface area contributed by atoms with E-state index >= 15 is 0 Å². The van der Waals surface area contributed by atoms with Crippen molar-refractivity contribution in [1.29, 1.82) is 0 Å². The minimum Gasteiger partial charge on any atom is -0.443 e. The summed E-state index contributed by atoms with van der Waals surface area (Å²) in [6, 6.07) is 6.31. The molecule has 13 heavy (non-hydrogen) atoms. The van der Waals surface area contributed by atoms with E-state index in [9.17, 15) is 5.02 Å². The smallest absolute Gasteiger partial charge is 0.350 e. The summed E-state index contributed by atoms with van der Waals surface area (Å²) in [6.45, 7) is 0.491. The Labute approximate surface area is 80.4 Å². The van der Waals surface area contributed by atoms with Gasteiger partial charge in [-0.15, -0.1) is 8.46 Å². The van der Waals surface area contributed by atoms with E-state index < -0.39 is 0 Å². The minimum absolute atomic E-state index is 0.207. The second kappa shape index (κ2) is 3.79. The van der Waals surface area contributed by atoms with Gasteiger partial charge in [0.15, 0.2) is 0 Å². The first-order valence-corrected chi connectivity index (χ1v) is 5.83. The summed E-state index contributed by atoms with van der Waals surface area (Å²) in [6.07, 6.45) is 1.97. The Morgan fingerprint density at radius 3 is 3.15 bits per heavy atom. The van der Waals surface area contributed by atoms with Gasteiger partial charge in [0.1, 0.15) is 0 Å². The summed E-state index contributed by atoms with van der Waals surface area (Å²) in [5.74, 6) is 0. The SMILES string of the molecule is NCCc1ccc2c(c1)CPB2O. The van der Waals surface area contributed by atoms with Gasteiger partial charge < -0.3 is 10.8 Å². The van der Waals surface area contributed by atoms with Crippen molar-refractivity contribution in [3.8, 4) is 0 Å². The van der Waals surface area contributed by atoms with Gasteiger partial charge in [-0.3, -0.25) is 0 Å². The molecule has 0 fully saturated rings. The molecule has 1 aromatic rings. The lowest BCUT2D eigenvalue weighted by Crippen LogP contribution is -2.23. The van der Waals surface area contributed by atoms with Crippen LogP contribution in [-0.4, -0.2) is 18.2 Å². The number of fused-ring (bicyclic) bond motifs is 1. The monoisotopic (exact) mass is 193 g/mol. The lowest BCUT2D eigenvalue weighted by molar-refractivity contribution is 0.608. The van der Waals surface area contributed by atoms with Crippen molar-refractivity contribution in [1.82, 2.24) is 0 Å². The van der Waals surface area contributed by atoms with Gasteiger partial charge in [-0.2, -0.15) is 0 Å². The Bertz CT molecular complexity index is 318. The fourth-order valence-corrected chi connectivity index (χ4v) is 2.94. The molecule has 1 unspecified atom stereocenters. The molecule has 0 saturated heterocycles. The van der Waals surface area contributed by atoms with E-state index in [1.54, 1.807) is 0 Å². The number of rotatable bonds is 2. The van der Waals surface area contributed by atoms with E-state index in [1.807, 2.05) is 6.07 Å². The fourth-order valence-electron chi connectivity index (χ4n) is 1.72. The Balaban J connectivity index is 2.29. The largest absolute Gasteiger partial charge is 0.443 e. The van der Waals surface area contributed by atoms with Gasteiger partial charge >= 0.3 is 6.64 Å². The van der Waals surface area contributed by atoms with Gasteiger partial charge in [0.05, 0.1) is 0 Å². The van der Waals surface area contributed by atoms with Crippen LogP contribution in [0.2, 0.25) is 0 Å². The highest BCUT2D eigenvalue weighted by Crippen LogP contribution is 2.28. The first-order chi connectivity index (χ1) is 6.31. The second-order valence-corrected chi connectivity index (χ2v) is 4.66. The number of hydrogen-bond acceptors (Lipinski definition) is 2. The second-order valence-electron chi connectivity index (χ2n) is 3.36. The summed E-state index contributed by atoms with van der Waals surface area (Å²) in [5, 5.41) is 9.59. The Kier molecular flexibility index (Phi) is 2.68. The Morgan fingerprint density at radius 2 is 2.38 bits per heavy atom. The highest BCUT2D eigenvalue weighted by molar-refractivity contribution is 7.77. The van der Waals surface area contributed by atoms with Crippen LogP contribution in [0.4, 0.5) is 0 Å². The molecule has 2 rings (SSSR count). The third-order valence-electron chi connectivity index (χ3n) is 2.42. The van der Waals surface area contributed by atoms with Crippen molar-refractivity contribution in [2.45, 2.75) is 12.6 Å². The molecule has 1 atom stereocenters. The van der Waals surface area contributed by atoms with E-state index in [-0.39, 0.29) is 6.64 Å². The van der Waals surface area contributed by atoms with Crippen LogP contribution in [0.1, 0.15) is 11.1 Å². The van der Waals surface area contributed by atoms with Crippen molar-refractivity contribution >= 4 is 20.6 Å². The lowest BCUT2D eigenvalue weighted by Gasteiger charge is -2.03. The van der Waals surface area contributed by atoms with Crippen LogP contribution >= 0.6 is 8.46 Å². The molecule has 0 aromatic heterocycles. The number of benzene rings is 1. The van der Waals surface area contributed by atoms with Crippen LogP contribution in [0.25, 0.3) is 0 Å². The quantitative estimate of drug-likeness (QED) is 0.515. The molecule has 68 valence electrons. The molecule has 0 bridgehead atoms. The van der Waals surface area contributed by atoms with E-state index in [1.165, 1.54) is 11.1 Å². The van der Waals surface area contributed by atoms with Gasteiger partial charge in [-0.1, -0.05) is 18.2 Å². The van der Waals surface area contributed by atoms with Crippen molar-refractivity contribution in [3.05, 3.63) is 29.3 Å². The molecule has 0 spiro atoms. The van der Waals surface area contributed by atoms with Gasteiger partial charge in [-0.05, 0) is 35.7 Å². The summed E-state index contributed by atoms with van der Waals surface area (Å²) in [7, 11) is 0.643. The maximum atomic E-state index is 9.59. The van der Waals surface area contributed by atoms with Gasteiger partial charge in [0, 0.05) is 0 Å². The Hall–Kier alpha value is -0.365. The molecule has 1 aliphatic rings. The summed E-state index contributed by atoms with van der Waals surface area (Å²) < 4.78 is 0. The summed E-state index contributed by atoms with van der Waals surface area (Å²) >= 11 is 0. The molecule has 0 amide bonds. The van der Waals surface area contributed by atoms with Crippen LogP contribution in [0.3, 0.4) is 0 Å². The normalized spacial score (nSPS) is 16.6. The van der Waals surface area contributed by atoms with Crippen LogP contribution in [0, 0.1) is 0 Å². The predicted octanol–water partition coefficient (Wildman–Crippen LogP) is 0.0674. The average molecular weight is 193 g/mol. The van der Waals surface area contributed by atoms with E-state index in [0.29, 0.717) is 15.0 Å². The Morgan fingerprint density at radius 1 is 1.54 bits per heavy atom. The number of nitrogens with two attached hydrogens (primary N) is 1. The zero-order valence-corrected chi connectivity index (χ0v) is 8.46. The molecule has 3 N–H and O–H groups in total. The fraction of sp³-hybridized carbons (Fsp3) is 0.333.